The molecule has 2 aromatic heterocycles. The molecule has 3 aliphatic rings. The Kier molecular flexibility index (Phi) is 10.8. The highest BCUT2D eigenvalue weighted by molar-refractivity contribution is 6.05. The molecule has 2 amide bonds. The van der Waals surface area contributed by atoms with Gasteiger partial charge >= 0.3 is 6.09 Å². The third kappa shape index (κ3) is 8.73. The Hall–Kier alpha value is -3.70. The second kappa shape index (κ2) is 15.0. The molecule has 1 N–H and O–H groups in total. The molecule has 1 saturated carbocycles. The van der Waals surface area contributed by atoms with Gasteiger partial charge in [0.1, 0.15) is 17.0 Å². The molecule has 11 heteroatoms. The van der Waals surface area contributed by atoms with Crippen LogP contribution in [0.1, 0.15) is 94.4 Å². The monoisotopic (exact) mass is 673 g/mol. The number of pyridine rings is 1. The topological polar surface area (TPSA) is 105 Å². The van der Waals surface area contributed by atoms with Crippen LogP contribution in [-0.2, 0) is 4.74 Å². The zero-order chi connectivity index (χ0) is 34.7. The molecule has 0 bridgehead atoms. The first-order chi connectivity index (χ1) is 23.5. The Bertz CT molecular complexity index is 1590. The van der Waals surface area contributed by atoms with Crippen LogP contribution >= 0.6 is 0 Å². The van der Waals surface area contributed by atoms with Crippen molar-refractivity contribution in [3.05, 3.63) is 47.9 Å². The number of likely N-dealkylation sites (tertiary alicyclic amines) is 2. The van der Waals surface area contributed by atoms with Gasteiger partial charge in [-0.15, -0.1) is 0 Å². The molecule has 2 saturated heterocycles. The van der Waals surface area contributed by atoms with Crippen molar-refractivity contribution in [3.63, 3.8) is 0 Å². The Balaban J connectivity index is 0.956. The van der Waals surface area contributed by atoms with Crippen LogP contribution in [0, 0.1) is 12.8 Å². The number of carbonyl (C=O) groups excluding carboxylic acids is 2. The molecule has 0 spiro atoms. The third-order valence-electron chi connectivity index (χ3n) is 10.7. The molecule has 0 atom stereocenters. The number of aryl methyl sites for hydroxylation is 1. The van der Waals surface area contributed by atoms with Gasteiger partial charge in [0, 0.05) is 55.1 Å². The average molecular weight is 674 g/mol. The summed E-state index contributed by atoms with van der Waals surface area (Å²) < 4.78 is 13.3. The normalized spacial score (nSPS) is 21.7. The lowest BCUT2D eigenvalue weighted by Gasteiger charge is -2.44. The summed E-state index contributed by atoms with van der Waals surface area (Å²) in [5.74, 6) is 1.03. The lowest BCUT2D eigenvalue weighted by molar-refractivity contribution is 0.0101. The number of benzene rings is 1. The van der Waals surface area contributed by atoms with E-state index in [2.05, 4.69) is 38.0 Å². The van der Waals surface area contributed by atoms with Crippen molar-refractivity contribution in [1.29, 1.82) is 0 Å². The molecule has 266 valence electrons. The van der Waals surface area contributed by atoms with E-state index in [-0.39, 0.29) is 12.0 Å². The van der Waals surface area contributed by atoms with E-state index in [1.807, 2.05) is 56.9 Å². The van der Waals surface area contributed by atoms with Gasteiger partial charge in [-0.05, 0) is 123 Å². The van der Waals surface area contributed by atoms with Crippen molar-refractivity contribution in [2.24, 2.45) is 5.92 Å². The summed E-state index contributed by atoms with van der Waals surface area (Å²) in [6.07, 6.45) is 11.1. The van der Waals surface area contributed by atoms with E-state index in [0.29, 0.717) is 41.2 Å². The van der Waals surface area contributed by atoms with Gasteiger partial charge in [-0.1, -0.05) is 6.07 Å². The number of carbonyl (C=O) groups is 2. The first kappa shape index (κ1) is 35.1. The quantitative estimate of drug-likeness (QED) is 0.288. The van der Waals surface area contributed by atoms with E-state index in [9.17, 15) is 9.59 Å². The van der Waals surface area contributed by atoms with Crippen molar-refractivity contribution >= 4 is 28.6 Å². The van der Waals surface area contributed by atoms with Crippen LogP contribution in [0.15, 0.2) is 36.5 Å². The SMILES string of the molecule is COc1cc2nn([C@H]3CC[C@H](CN(C)C4CCN(C5CCN(C(=O)OC(C)(C)C)CC5)CC4)CC3)cc2cc1NC(=O)c1cccc(C)n1. The Labute approximate surface area is 291 Å². The van der Waals surface area contributed by atoms with E-state index >= 15 is 0 Å². The fraction of sp³-hybridized carbons (Fsp3) is 0.632. The van der Waals surface area contributed by atoms with Crippen LogP contribution in [0.4, 0.5) is 10.5 Å². The summed E-state index contributed by atoms with van der Waals surface area (Å²) in [5.41, 5.74) is 2.21. The number of rotatable bonds is 8. The summed E-state index contributed by atoms with van der Waals surface area (Å²) >= 11 is 0. The number of piperidine rings is 2. The second-order valence-corrected chi connectivity index (χ2v) is 15.4. The first-order valence-corrected chi connectivity index (χ1v) is 18.2. The molecular weight excluding hydrogens is 618 g/mol. The van der Waals surface area contributed by atoms with Crippen LogP contribution in [-0.4, -0.2) is 106 Å². The molecule has 0 unspecified atom stereocenters. The lowest BCUT2D eigenvalue weighted by atomic mass is 9.85. The van der Waals surface area contributed by atoms with Crippen molar-refractivity contribution in [2.75, 3.05) is 52.2 Å². The molecule has 0 radical (unpaired) electrons. The van der Waals surface area contributed by atoms with Crippen molar-refractivity contribution in [2.45, 2.75) is 103 Å². The van der Waals surface area contributed by atoms with Gasteiger partial charge < -0.3 is 29.5 Å². The number of hydrogen-bond donors (Lipinski definition) is 1. The third-order valence-corrected chi connectivity index (χ3v) is 10.7. The number of aromatic nitrogens is 3. The molecule has 6 rings (SSSR count). The minimum atomic E-state index is -0.445. The fourth-order valence-corrected chi connectivity index (χ4v) is 7.96. The molecule has 49 heavy (non-hydrogen) atoms. The average Bonchev–Trinajstić information content (AvgIpc) is 3.50. The number of anilines is 1. The van der Waals surface area contributed by atoms with E-state index < -0.39 is 5.60 Å². The number of ether oxygens (including phenoxy) is 2. The van der Waals surface area contributed by atoms with Crippen molar-refractivity contribution in [1.82, 2.24) is 29.5 Å². The van der Waals surface area contributed by atoms with Crippen LogP contribution in [0.3, 0.4) is 0 Å². The van der Waals surface area contributed by atoms with Gasteiger partial charge in [0.2, 0.25) is 0 Å². The maximum Gasteiger partial charge on any atom is 0.410 e. The minimum Gasteiger partial charge on any atom is -0.494 e. The van der Waals surface area contributed by atoms with Gasteiger partial charge in [0.05, 0.1) is 24.4 Å². The smallest absolute Gasteiger partial charge is 0.410 e. The zero-order valence-electron chi connectivity index (χ0n) is 30.3. The molecule has 11 nitrogen and oxygen atoms in total. The van der Waals surface area contributed by atoms with E-state index in [1.54, 1.807) is 13.2 Å². The number of fused-ring (bicyclic) bond motifs is 1. The highest BCUT2D eigenvalue weighted by atomic mass is 16.6. The van der Waals surface area contributed by atoms with Gasteiger partial charge in [-0.25, -0.2) is 9.78 Å². The number of amides is 2. The summed E-state index contributed by atoms with van der Waals surface area (Å²) in [4.78, 5) is 36.9. The Morgan fingerprint density at radius 1 is 0.959 bits per heavy atom. The molecular formula is C38H55N7O4. The molecule has 1 aliphatic carbocycles. The molecule has 2 aliphatic heterocycles. The summed E-state index contributed by atoms with van der Waals surface area (Å²) in [6, 6.07) is 10.9. The lowest BCUT2D eigenvalue weighted by Crippen LogP contribution is -2.52. The van der Waals surface area contributed by atoms with Gasteiger partial charge in [-0.2, -0.15) is 5.10 Å². The number of hydrogen-bond acceptors (Lipinski definition) is 8. The number of nitrogens with one attached hydrogen (secondary N) is 1. The number of nitrogens with zero attached hydrogens (tertiary/aromatic N) is 6. The highest BCUT2D eigenvalue weighted by Crippen LogP contribution is 2.36. The minimum absolute atomic E-state index is 0.174. The van der Waals surface area contributed by atoms with E-state index in [1.165, 1.54) is 25.7 Å². The standard InChI is InChI=1S/C38H55N7O4/c1-26-8-7-9-32(39-26)36(46)40-34-22-28-25-45(41-33(28)23-35(34)48-6)31-12-10-27(11-13-31)24-42(5)29-14-18-43(19-15-29)30-16-20-44(21-17-30)37(47)49-38(2,3)4/h7-9,22-23,25,27,29-31H,10-21,24H2,1-6H3,(H,40,46)/t27-,31-. The fourth-order valence-electron chi connectivity index (χ4n) is 7.96. The second-order valence-electron chi connectivity index (χ2n) is 15.4. The van der Waals surface area contributed by atoms with Gasteiger partial charge in [0.15, 0.2) is 0 Å². The van der Waals surface area contributed by atoms with E-state index in [4.69, 9.17) is 14.6 Å². The summed E-state index contributed by atoms with van der Waals surface area (Å²) in [5, 5.41) is 8.90. The van der Waals surface area contributed by atoms with Crippen molar-refractivity contribution < 1.29 is 19.1 Å². The van der Waals surface area contributed by atoms with Gasteiger partial charge in [0.25, 0.3) is 5.91 Å². The maximum atomic E-state index is 12.9. The van der Waals surface area contributed by atoms with Crippen LogP contribution < -0.4 is 10.1 Å². The Morgan fingerprint density at radius 2 is 1.67 bits per heavy atom. The maximum absolute atomic E-state index is 12.9. The van der Waals surface area contributed by atoms with Crippen molar-refractivity contribution in [3.8, 4) is 5.75 Å². The predicted molar refractivity (Wildman–Crippen MR) is 192 cm³/mol. The van der Waals surface area contributed by atoms with Crippen LogP contribution in [0.2, 0.25) is 0 Å². The predicted octanol–water partition coefficient (Wildman–Crippen LogP) is 6.53. The summed E-state index contributed by atoms with van der Waals surface area (Å²) in [7, 11) is 3.93. The number of methoxy groups -OCH3 is 1. The van der Waals surface area contributed by atoms with Gasteiger partial charge in [-0.3, -0.25) is 9.48 Å². The molecule has 3 aromatic rings. The highest BCUT2D eigenvalue weighted by Gasteiger charge is 2.33. The summed E-state index contributed by atoms with van der Waals surface area (Å²) in [6.45, 7) is 12.7. The Morgan fingerprint density at radius 3 is 2.33 bits per heavy atom. The van der Waals surface area contributed by atoms with Crippen LogP contribution in [0.25, 0.3) is 10.9 Å². The molecule has 1 aromatic carbocycles. The largest absolute Gasteiger partial charge is 0.494 e. The van der Waals surface area contributed by atoms with Crippen LogP contribution in [0.5, 0.6) is 5.75 Å². The molecule has 4 heterocycles. The molecule has 3 fully saturated rings. The zero-order valence-corrected chi connectivity index (χ0v) is 30.3. The van der Waals surface area contributed by atoms with E-state index in [0.717, 1.165) is 75.0 Å². The first-order valence-electron chi connectivity index (χ1n) is 18.2.